The Morgan fingerprint density at radius 1 is 1.18 bits per heavy atom. The predicted molar refractivity (Wildman–Crippen MR) is 110 cm³/mol. The fraction of sp³-hybridized carbons (Fsp3) is 0.368. The van der Waals surface area contributed by atoms with Crippen LogP contribution in [-0.4, -0.2) is 59.0 Å². The predicted octanol–water partition coefficient (Wildman–Crippen LogP) is 1.96. The number of anilines is 2. The molecule has 3 aromatic rings. The van der Waals surface area contributed by atoms with Gasteiger partial charge in [-0.2, -0.15) is 4.98 Å². The van der Waals surface area contributed by atoms with E-state index in [0.717, 1.165) is 33.9 Å². The summed E-state index contributed by atoms with van der Waals surface area (Å²) in [7, 11) is 1.65. The molecular weight excluding hydrogens is 376 g/mol. The lowest BCUT2D eigenvalue weighted by atomic mass is 10.1. The number of hydrogen-bond acceptors (Lipinski definition) is 8. The topological polar surface area (TPSA) is 97.5 Å². The van der Waals surface area contributed by atoms with Crippen molar-refractivity contribution in [3.8, 4) is 5.75 Å². The highest BCUT2D eigenvalue weighted by atomic mass is 32.1. The molecule has 0 bridgehead atoms. The number of thiazole rings is 1. The summed E-state index contributed by atoms with van der Waals surface area (Å²) in [5, 5.41) is 0. The average molecular weight is 398 g/mol. The van der Waals surface area contributed by atoms with Crippen molar-refractivity contribution in [1.82, 2.24) is 19.9 Å². The molecule has 4 rings (SSSR count). The van der Waals surface area contributed by atoms with E-state index in [9.17, 15) is 4.79 Å². The molecule has 0 radical (unpaired) electrons. The van der Waals surface area contributed by atoms with Crippen LogP contribution in [-0.2, 0) is 11.2 Å². The van der Waals surface area contributed by atoms with Gasteiger partial charge in [-0.3, -0.25) is 4.79 Å². The third kappa shape index (κ3) is 3.84. The molecule has 1 amide bonds. The summed E-state index contributed by atoms with van der Waals surface area (Å²) in [6.45, 7) is 2.74. The fourth-order valence-corrected chi connectivity index (χ4v) is 4.01. The van der Waals surface area contributed by atoms with E-state index >= 15 is 0 Å². The molecule has 0 aliphatic carbocycles. The minimum Gasteiger partial charge on any atom is -0.497 e. The quantitative estimate of drug-likeness (QED) is 0.701. The van der Waals surface area contributed by atoms with Gasteiger partial charge in [0.25, 0.3) is 0 Å². The van der Waals surface area contributed by atoms with Crippen molar-refractivity contribution in [2.45, 2.75) is 12.8 Å². The number of amides is 1. The summed E-state index contributed by atoms with van der Waals surface area (Å²) < 4.78 is 5.16. The number of carbonyl (C=O) groups excluding carboxylic acids is 1. The molecule has 3 heterocycles. The standard InChI is InChI=1S/C19H22N6O2S/c1-27-14-5-2-13(3-6-14)4-7-15(26)24-8-10-25(11-9-24)17-16-18(28-12-21-16)23-19(20)22-17/h2-3,5-6,12H,4,7-11H2,1H3,(H2,20,22,23). The number of aryl methyl sites for hydroxylation is 1. The van der Waals surface area contributed by atoms with Crippen molar-refractivity contribution in [2.24, 2.45) is 0 Å². The zero-order valence-corrected chi connectivity index (χ0v) is 16.5. The molecule has 1 aliphatic rings. The number of benzene rings is 1. The van der Waals surface area contributed by atoms with Crippen LogP contribution in [0.3, 0.4) is 0 Å². The Balaban J connectivity index is 1.34. The zero-order chi connectivity index (χ0) is 19.5. The van der Waals surface area contributed by atoms with E-state index in [2.05, 4.69) is 19.9 Å². The Hall–Kier alpha value is -2.94. The average Bonchev–Trinajstić information content (AvgIpc) is 3.20. The van der Waals surface area contributed by atoms with Gasteiger partial charge in [-0.1, -0.05) is 12.1 Å². The van der Waals surface area contributed by atoms with Gasteiger partial charge in [0, 0.05) is 32.6 Å². The maximum atomic E-state index is 12.6. The minimum atomic E-state index is 0.177. The number of aromatic nitrogens is 3. The molecule has 146 valence electrons. The fourth-order valence-electron chi connectivity index (χ4n) is 3.35. The van der Waals surface area contributed by atoms with Gasteiger partial charge in [0.1, 0.15) is 11.3 Å². The first-order valence-corrected chi connectivity index (χ1v) is 10.0. The Labute approximate surface area is 167 Å². The van der Waals surface area contributed by atoms with Crippen molar-refractivity contribution < 1.29 is 9.53 Å². The number of hydrogen-bond donors (Lipinski definition) is 1. The van der Waals surface area contributed by atoms with Crippen LogP contribution in [0.4, 0.5) is 11.8 Å². The van der Waals surface area contributed by atoms with Crippen LogP contribution in [0.2, 0.25) is 0 Å². The van der Waals surface area contributed by atoms with Crippen molar-refractivity contribution in [2.75, 3.05) is 43.9 Å². The van der Waals surface area contributed by atoms with E-state index in [-0.39, 0.29) is 11.9 Å². The molecule has 28 heavy (non-hydrogen) atoms. The highest BCUT2D eigenvalue weighted by molar-refractivity contribution is 7.16. The molecule has 8 nitrogen and oxygen atoms in total. The number of rotatable bonds is 5. The Morgan fingerprint density at radius 3 is 2.64 bits per heavy atom. The largest absolute Gasteiger partial charge is 0.497 e. The lowest BCUT2D eigenvalue weighted by Gasteiger charge is -2.35. The Kier molecular flexibility index (Phi) is 5.25. The van der Waals surface area contributed by atoms with Crippen LogP contribution in [0, 0.1) is 0 Å². The first kappa shape index (κ1) is 18.4. The van der Waals surface area contributed by atoms with Crippen molar-refractivity contribution in [3.05, 3.63) is 35.3 Å². The maximum absolute atomic E-state index is 12.6. The summed E-state index contributed by atoms with van der Waals surface area (Å²) in [5.74, 6) is 2.01. The van der Waals surface area contributed by atoms with Gasteiger partial charge in [0.2, 0.25) is 11.9 Å². The van der Waals surface area contributed by atoms with Crippen LogP contribution in [0.5, 0.6) is 5.75 Å². The summed E-state index contributed by atoms with van der Waals surface area (Å²) in [5.41, 5.74) is 9.50. The molecule has 2 aromatic heterocycles. The van der Waals surface area contributed by atoms with Crippen LogP contribution in [0.15, 0.2) is 29.8 Å². The van der Waals surface area contributed by atoms with Crippen molar-refractivity contribution >= 4 is 39.4 Å². The summed E-state index contributed by atoms with van der Waals surface area (Å²) in [6, 6.07) is 7.85. The molecule has 1 aromatic carbocycles. The monoisotopic (exact) mass is 398 g/mol. The third-order valence-corrected chi connectivity index (χ3v) is 5.63. The van der Waals surface area contributed by atoms with Gasteiger partial charge < -0.3 is 20.3 Å². The van der Waals surface area contributed by atoms with E-state index in [1.54, 1.807) is 12.6 Å². The molecule has 0 atom stereocenters. The lowest BCUT2D eigenvalue weighted by molar-refractivity contribution is -0.131. The Bertz CT molecular complexity index is 966. The molecule has 1 aliphatic heterocycles. The lowest BCUT2D eigenvalue weighted by Crippen LogP contribution is -2.49. The smallest absolute Gasteiger partial charge is 0.223 e. The number of carbonyl (C=O) groups is 1. The van der Waals surface area contributed by atoms with Gasteiger partial charge in [-0.05, 0) is 24.1 Å². The van der Waals surface area contributed by atoms with Crippen LogP contribution >= 0.6 is 11.3 Å². The Morgan fingerprint density at radius 2 is 1.93 bits per heavy atom. The molecule has 1 fully saturated rings. The number of methoxy groups -OCH3 is 1. The first-order chi connectivity index (χ1) is 13.6. The molecule has 0 unspecified atom stereocenters. The molecule has 9 heteroatoms. The maximum Gasteiger partial charge on any atom is 0.223 e. The second-order valence-corrected chi connectivity index (χ2v) is 7.46. The number of fused-ring (bicyclic) bond motifs is 1. The molecule has 1 saturated heterocycles. The van der Waals surface area contributed by atoms with E-state index in [4.69, 9.17) is 10.5 Å². The van der Waals surface area contributed by atoms with Crippen LogP contribution in [0.25, 0.3) is 10.3 Å². The van der Waals surface area contributed by atoms with Crippen LogP contribution < -0.4 is 15.4 Å². The highest BCUT2D eigenvalue weighted by Crippen LogP contribution is 2.26. The first-order valence-electron chi connectivity index (χ1n) is 9.16. The minimum absolute atomic E-state index is 0.177. The van der Waals surface area contributed by atoms with Crippen molar-refractivity contribution in [1.29, 1.82) is 0 Å². The number of nitrogens with zero attached hydrogens (tertiary/aromatic N) is 5. The summed E-state index contributed by atoms with van der Waals surface area (Å²) >= 11 is 1.45. The number of nitrogens with two attached hydrogens (primary N) is 1. The van der Waals surface area contributed by atoms with Crippen molar-refractivity contribution in [3.63, 3.8) is 0 Å². The van der Waals surface area contributed by atoms with Crippen LogP contribution in [0.1, 0.15) is 12.0 Å². The normalized spacial score (nSPS) is 14.5. The molecule has 0 saturated carbocycles. The SMILES string of the molecule is COc1ccc(CCC(=O)N2CCN(c3nc(N)nc4scnc34)CC2)cc1. The van der Waals surface area contributed by atoms with Gasteiger partial charge >= 0.3 is 0 Å². The number of piperazine rings is 1. The molecule has 0 spiro atoms. The highest BCUT2D eigenvalue weighted by Gasteiger charge is 2.24. The van der Waals surface area contributed by atoms with E-state index in [1.165, 1.54) is 11.3 Å². The van der Waals surface area contributed by atoms with Gasteiger partial charge in [0.15, 0.2) is 10.6 Å². The van der Waals surface area contributed by atoms with E-state index < -0.39 is 0 Å². The molecule has 2 N–H and O–H groups in total. The third-order valence-electron chi connectivity index (χ3n) is 4.92. The second-order valence-electron chi connectivity index (χ2n) is 6.63. The summed E-state index contributed by atoms with van der Waals surface area (Å²) in [6.07, 6.45) is 1.23. The van der Waals surface area contributed by atoms with E-state index in [0.29, 0.717) is 32.6 Å². The number of nitrogen functional groups attached to an aromatic ring is 1. The zero-order valence-electron chi connectivity index (χ0n) is 15.7. The van der Waals surface area contributed by atoms with Gasteiger partial charge in [-0.15, -0.1) is 11.3 Å². The van der Waals surface area contributed by atoms with E-state index in [1.807, 2.05) is 29.2 Å². The number of ether oxygens (including phenoxy) is 1. The van der Waals surface area contributed by atoms with Gasteiger partial charge in [-0.25, -0.2) is 9.97 Å². The molecular formula is C19H22N6O2S. The van der Waals surface area contributed by atoms with Gasteiger partial charge in [0.05, 0.1) is 12.6 Å². The second kappa shape index (κ2) is 7.97. The summed E-state index contributed by atoms with van der Waals surface area (Å²) in [4.78, 5) is 30.4.